The van der Waals surface area contributed by atoms with Crippen LogP contribution in [-0.4, -0.2) is 33.3 Å². The van der Waals surface area contributed by atoms with Crippen molar-refractivity contribution in [1.29, 1.82) is 0 Å². The number of rotatable bonds is 4. The maximum atomic E-state index is 11.4. The molecule has 0 radical (unpaired) electrons. The highest BCUT2D eigenvalue weighted by Gasteiger charge is 2.18. The first-order chi connectivity index (χ1) is 6.14. The molecule has 0 bridgehead atoms. The predicted octanol–water partition coefficient (Wildman–Crippen LogP) is 0.490. The second-order valence-corrected chi connectivity index (χ2v) is 5.33. The van der Waals surface area contributed by atoms with E-state index in [0.717, 1.165) is 25.9 Å². The van der Waals surface area contributed by atoms with Gasteiger partial charge in [0.05, 0.1) is 5.75 Å². The molecule has 0 amide bonds. The van der Waals surface area contributed by atoms with Crippen molar-refractivity contribution in [3.05, 3.63) is 0 Å². The molecule has 14 heavy (non-hydrogen) atoms. The van der Waals surface area contributed by atoms with Gasteiger partial charge in [0.25, 0.3) is 0 Å². The lowest BCUT2D eigenvalue weighted by Crippen LogP contribution is -2.43. The Kier molecular flexibility index (Phi) is 6.68. The molecule has 86 valence electrons. The summed E-state index contributed by atoms with van der Waals surface area (Å²) in [6.45, 7) is 3.71. The summed E-state index contributed by atoms with van der Waals surface area (Å²) >= 11 is 0. The van der Waals surface area contributed by atoms with Crippen LogP contribution in [0.1, 0.15) is 26.2 Å². The van der Waals surface area contributed by atoms with E-state index in [9.17, 15) is 8.42 Å². The zero-order valence-corrected chi connectivity index (χ0v) is 10.1. The van der Waals surface area contributed by atoms with Crippen molar-refractivity contribution >= 4 is 22.4 Å². The Morgan fingerprint density at radius 2 is 1.93 bits per heavy atom. The Labute approximate surface area is 92.3 Å². The SMILES string of the molecule is CCCS(=O)(=O)NC1CCNCC1.Cl. The van der Waals surface area contributed by atoms with E-state index >= 15 is 0 Å². The van der Waals surface area contributed by atoms with Crippen LogP contribution < -0.4 is 10.0 Å². The molecule has 0 unspecified atom stereocenters. The maximum Gasteiger partial charge on any atom is 0.211 e. The summed E-state index contributed by atoms with van der Waals surface area (Å²) in [5.41, 5.74) is 0. The summed E-state index contributed by atoms with van der Waals surface area (Å²) in [6, 6.07) is 0.151. The van der Waals surface area contributed by atoms with Gasteiger partial charge in [-0.05, 0) is 32.4 Å². The lowest BCUT2D eigenvalue weighted by atomic mass is 10.1. The van der Waals surface area contributed by atoms with E-state index in [1.807, 2.05) is 6.92 Å². The molecule has 1 aliphatic rings. The van der Waals surface area contributed by atoms with Gasteiger partial charge in [-0.2, -0.15) is 0 Å². The molecular weight excluding hydrogens is 224 g/mol. The fourth-order valence-corrected chi connectivity index (χ4v) is 2.92. The van der Waals surface area contributed by atoms with Crippen LogP contribution in [0.5, 0.6) is 0 Å². The molecule has 0 spiro atoms. The first-order valence-electron chi connectivity index (χ1n) is 4.85. The number of nitrogens with one attached hydrogen (secondary N) is 2. The number of hydrogen-bond acceptors (Lipinski definition) is 3. The summed E-state index contributed by atoms with van der Waals surface area (Å²) in [5.74, 6) is 0.247. The molecule has 6 heteroatoms. The van der Waals surface area contributed by atoms with Crippen LogP contribution in [0.2, 0.25) is 0 Å². The molecule has 1 heterocycles. The molecule has 1 rings (SSSR count). The van der Waals surface area contributed by atoms with Gasteiger partial charge in [-0.3, -0.25) is 0 Å². The van der Waals surface area contributed by atoms with Crippen LogP contribution in [0.3, 0.4) is 0 Å². The molecule has 4 nitrogen and oxygen atoms in total. The fraction of sp³-hybridized carbons (Fsp3) is 1.00. The van der Waals surface area contributed by atoms with Crippen molar-refractivity contribution < 1.29 is 8.42 Å². The Morgan fingerprint density at radius 1 is 1.36 bits per heavy atom. The lowest BCUT2D eigenvalue weighted by Gasteiger charge is -2.23. The van der Waals surface area contributed by atoms with Crippen molar-refractivity contribution in [3.63, 3.8) is 0 Å². The Balaban J connectivity index is 0.00000169. The van der Waals surface area contributed by atoms with Crippen molar-refractivity contribution in [3.8, 4) is 0 Å². The molecule has 1 aliphatic heterocycles. The van der Waals surface area contributed by atoms with E-state index in [1.165, 1.54) is 0 Å². The average Bonchev–Trinajstić information content (AvgIpc) is 2.04. The first kappa shape index (κ1) is 14.2. The van der Waals surface area contributed by atoms with E-state index in [-0.39, 0.29) is 24.2 Å². The molecule has 0 saturated carbocycles. The highest BCUT2D eigenvalue weighted by atomic mass is 35.5. The molecule has 0 aromatic heterocycles. The summed E-state index contributed by atoms with van der Waals surface area (Å²) in [5, 5.41) is 3.20. The molecule has 2 N–H and O–H groups in total. The van der Waals surface area contributed by atoms with Crippen LogP contribution in [0, 0.1) is 0 Å². The minimum atomic E-state index is -3.01. The van der Waals surface area contributed by atoms with Crippen LogP contribution in [0.4, 0.5) is 0 Å². The topological polar surface area (TPSA) is 58.2 Å². The van der Waals surface area contributed by atoms with Crippen molar-refractivity contribution in [1.82, 2.24) is 10.0 Å². The highest BCUT2D eigenvalue weighted by molar-refractivity contribution is 7.89. The van der Waals surface area contributed by atoms with Crippen LogP contribution in [0.15, 0.2) is 0 Å². The number of halogens is 1. The smallest absolute Gasteiger partial charge is 0.211 e. The van der Waals surface area contributed by atoms with Gasteiger partial charge in [-0.15, -0.1) is 12.4 Å². The van der Waals surface area contributed by atoms with Crippen molar-refractivity contribution in [2.24, 2.45) is 0 Å². The van der Waals surface area contributed by atoms with Gasteiger partial charge >= 0.3 is 0 Å². The lowest BCUT2D eigenvalue weighted by molar-refractivity contribution is 0.427. The van der Waals surface area contributed by atoms with Gasteiger partial charge in [0.2, 0.25) is 10.0 Å². The second-order valence-electron chi connectivity index (χ2n) is 3.46. The monoisotopic (exact) mass is 242 g/mol. The third-order valence-corrected chi connectivity index (χ3v) is 3.80. The first-order valence-corrected chi connectivity index (χ1v) is 6.50. The minimum Gasteiger partial charge on any atom is -0.317 e. The number of piperidine rings is 1. The minimum absolute atomic E-state index is 0. The van der Waals surface area contributed by atoms with Gasteiger partial charge in [-0.25, -0.2) is 13.1 Å². The molecule has 1 saturated heterocycles. The third-order valence-electron chi connectivity index (χ3n) is 2.16. The van der Waals surface area contributed by atoms with Crippen LogP contribution in [-0.2, 0) is 10.0 Å². The maximum absolute atomic E-state index is 11.4. The zero-order chi connectivity index (χ0) is 9.73. The summed E-state index contributed by atoms with van der Waals surface area (Å²) in [7, 11) is -3.01. The predicted molar refractivity (Wildman–Crippen MR) is 60.4 cm³/mol. The van der Waals surface area contributed by atoms with Crippen LogP contribution >= 0.6 is 12.4 Å². The van der Waals surface area contributed by atoms with Crippen molar-refractivity contribution in [2.75, 3.05) is 18.8 Å². The largest absolute Gasteiger partial charge is 0.317 e. The average molecular weight is 243 g/mol. The molecular formula is C8H19ClN2O2S. The van der Waals surface area contributed by atoms with Gasteiger partial charge in [-0.1, -0.05) is 6.92 Å². The molecule has 1 fully saturated rings. The van der Waals surface area contributed by atoms with Gasteiger partial charge in [0, 0.05) is 6.04 Å². The Morgan fingerprint density at radius 3 is 2.43 bits per heavy atom. The molecule has 0 aromatic carbocycles. The van der Waals surface area contributed by atoms with Gasteiger partial charge in [0.1, 0.15) is 0 Å². The summed E-state index contributed by atoms with van der Waals surface area (Å²) < 4.78 is 25.5. The van der Waals surface area contributed by atoms with Crippen LogP contribution in [0.25, 0.3) is 0 Å². The summed E-state index contributed by atoms with van der Waals surface area (Å²) in [4.78, 5) is 0. The zero-order valence-electron chi connectivity index (χ0n) is 8.45. The van der Waals surface area contributed by atoms with E-state index < -0.39 is 10.0 Å². The van der Waals surface area contributed by atoms with Crippen molar-refractivity contribution in [2.45, 2.75) is 32.2 Å². The quantitative estimate of drug-likeness (QED) is 0.755. The Hall–Kier alpha value is 0.160. The molecule has 0 atom stereocenters. The second kappa shape index (κ2) is 6.61. The highest BCUT2D eigenvalue weighted by Crippen LogP contribution is 2.04. The van der Waals surface area contributed by atoms with Gasteiger partial charge in [0.15, 0.2) is 0 Å². The van der Waals surface area contributed by atoms with E-state index in [1.54, 1.807) is 0 Å². The molecule has 0 aromatic rings. The van der Waals surface area contributed by atoms with E-state index in [2.05, 4.69) is 10.0 Å². The van der Waals surface area contributed by atoms with E-state index in [4.69, 9.17) is 0 Å². The standard InChI is InChI=1S/C8H18N2O2S.ClH/c1-2-7-13(11,12)10-8-3-5-9-6-4-8;/h8-10H,2-7H2,1H3;1H. The number of sulfonamides is 1. The summed E-state index contributed by atoms with van der Waals surface area (Å²) in [6.07, 6.45) is 2.49. The third kappa shape index (κ3) is 5.14. The van der Waals surface area contributed by atoms with Gasteiger partial charge < -0.3 is 5.32 Å². The normalized spacial score (nSPS) is 18.9. The van der Waals surface area contributed by atoms with E-state index in [0.29, 0.717) is 6.42 Å². The number of hydrogen-bond donors (Lipinski definition) is 2. The Bertz CT molecular complexity index is 238. The fourth-order valence-electron chi connectivity index (χ4n) is 1.52. The molecule has 0 aliphatic carbocycles.